The molecule has 1 aromatic heterocycles. The van der Waals surface area contributed by atoms with Crippen molar-refractivity contribution in [2.24, 2.45) is 0 Å². The number of aromatic nitrogens is 1. The molecular formula is C22H23ClN2O2S. The van der Waals surface area contributed by atoms with Crippen LogP contribution in [-0.4, -0.2) is 35.0 Å². The number of thiazole rings is 1. The summed E-state index contributed by atoms with van der Waals surface area (Å²) in [5.41, 5.74) is 4.32. The first kappa shape index (κ1) is 19.2. The van der Waals surface area contributed by atoms with Gasteiger partial charge in [0.05, 0.1) is 16.6 Å². The predicted octanol–water partition coefficient (Wildman–Crippen LogP) is 5.18. The standard InChI is InChI=1S/C22H23ClN2O2S/c1-14-7-8-15(2)21-20(14)24-22(28-21)27-17-9-11-25(12-10-17)19(26)13-16-5-3-4-6-18(16)23/h3-8,17H,9-13H2,1-2H3. The fraction of sp³-hybridized carbons (Fsp3) is 0.364. The molecule has 0 radical (unpaired) electrons. The van der Waals surface area contributed by atoms with Gasteiger partial charge in [0, 0.05) is 31.0 Å². The molecule has 1 aliphatic rings. The molecule has 146 valence electrons. The minimum absolute atomic E-state index is 0.102. The molecule has 6 heteroatoms. The maximum atomic E-state index is 12.6. The number of amides is 1. The van der Waals surface area contributed by atoms with Crippen molar-refractivity contribution in [1.82, 2.24) is 9.88 Å². The molecule has 28 heavy (non-hydrogen) atoms. The van der Waals surface area contributed by atoms with Gasteiger partial charge in [-0.1, -0.05) is 53.3 Å². The third-order valence-electron chi connectivity index (χ3n) is 5.28. The average molecular weight is 415 g/mol. The third-order valence-corrected chi connectivity index (χ3v) is 6.73. The maximum absolute atomic E-state index is 12.6. The second-order valence-corrected chi connectivity index (χ2v) is 8.69. The highest BCUT2D eigenvalue weighted by Crippen LogP contribution is 2.33. The van der Waals surface area contributed by atoms with Gasteiger partial charge in [0.2, 0.25) is 5.91 Å². The van der Waals surface area contributed by atoms with E-state index in [4.69, 9.17) is 16.3 Å². The first-order chi connectivity index (χ1) is 13.5. The van der Waals surface area contributed by atoms with Gasteiger partial charge in [-0.05, 0) is 36.6 Å². The number of hydrogen-bond donors (Lipinski definition) is 0. The number of likely N-dealkylation sites (tertiary alicyclic amines) is 1. The summed E-state index contributed by atoms with van der Waals surface area (Å²) in [5.74, 6) is 0.123. The molecule has 1 fully saturated rings. The number of halogens is 1. The van der Waals surface area contributed by atoms with Gasteiger partial charge in [-0.2, -0.15) is 0 Å². The minimum atomic E-state index is 0.102. The van der Waals surface area contributed by atoms with Crippen molar-refractivity contribution < 1.29 is 9.53 Å². The van der Waals surface area contributed by atoms with Crippen LogP contribution in [-0.2, 0) is 11.2 Å². The van der Waals surface area contributed by atoms with E-state index in [2.05, 4.69) is 31.0 Å². The zero-order valence-corrected chi connectivity index (χ0v) is 17.6. The molecule has 1 amide bonds. The number of benzene rings is 2. The molecule has 0 saturated carbocycles. The average Bonchev–Trinajstić information content (AvgIpc) is 3.12. The van der Waals surface area contributed by atoms with Crippen LogP contribution >= 0.6 is 22.9 Å². The number of nitrogens with zero attached hydrogens (tertiary/aromatic N) is 2. The van der Waals surface area contributed by atoms with Crippen LogP contribution in [0.15, 0.2) is 36.4 Å². The van der Waals surface area contributed by atoms with Crippen molar-refractivity contribution >= 4 is 39.1 Å². The van der Waals surface area contributed by atoms with Gasteiger partial charge in [0.15, 0.2) is 0 Å². The lowest BCUT2D eigenvalue weighted by molar-refractivity contribution is -0.132. The van der Waals surface area contributed by atoms with Crippen molar-refractivity contribution in [3.63, 3.8) is 0 Å². The predicted molar refractivity (Wildman–Crippen MR) is 114 cm³/mol. The quantitative estimate of drug-likeness (QED) is 0.590. The van der Waals surface area contributed by atoms with Gasteiger partial charge in [-0.25, -0.2) is 4.98 Å². The molecule has 1 saturated heterocycles. The Morgan fingerprint density at radius 3 is 2.61 bits per heavy atom. The normalized spacial score (nSPS) is 15.2. The Bertz CT molecular complexity index is 970. The number of fused-ring (bicyclic) bond motifs is 1. The number of piperidine rings is 1. The summed E-state index contributed by atoms with van der Waals surface area (Å²) < 4.78 is 7.36. The molecule has 0 aliphatic carbocycles. The minimum Gasteiger partial charge on any atom is -0.467 e. The van der Waals surface area contributed by atoms with Crippen LogP contribution in [0.25, 0.3) is 10.2 Å². The summed E-state index contributed by atoms with van der Waals surface area (Å²) >= 11 is 7.79. The second kappa shape index (κ2) is 8.10. The SMILES string of the molecule is Cc1ccc(C)c2sc(OC3CCN(C(=O)Cc4ccccc4Cl)CC3)nc12. The molecule has 0 unspecified atom stereocenters. The van der Waals surface area contributed by atoms with E-state index in [0.717, 1.165) is 29.1 Å². The molecule has 4 rings (SSSR count). The fourth-order valence-corrected chi connectivity index (χ4v) is 4.80. The first-order valence-corrected chi connectivity index (χ1v) is 10.8. The Morgan fingerprint density at radius 1 is 1.18 bits per heavy atom. The highest BCUT2D eigenvalue weighted by molar-refractivity contribution is 7.20. The molecule has 0 atom stereocenters. The molecule has 2 heterocycles. The van der Waals surface area contributed by atoms with Crippen LogP contribution in [0.3, 0.4) is 0 Å². The van der Waals surface area contributed by atoms with Gasteiger partial charge < -0.3 is 9.64 Å². The molecule has 0 N–H and O–H groups in total. The summed E-state index contributed by atoms with van der Waals surface area (Å²) in [7, 11) is 0. The van der Waals surface area contributed by atoms with Crippen molar-refractivity contribution in [2.45, 2.75) is 39.2 Å². The lowest BCUT2D eigenvalue weighted by atomic mass is 10.1. The maximum Gasteiger partial charge on any atom is 0.274 e. The molecule has 1 aliphatic heterocycles. The number of carbonyl (C=O) groups is 1. The van der Waals surface area contributed by atoms with E-state index in [1.165, 1.54) is 15.8 Å². The fourth-order valence-electron chi connectivity index (χ4n) is 3.57. The van der Waals surface area contributed by atoms with Gasteiger partial charge in [-0.15, -0.1) is 0 Å². The van der Waals surface area contributed by atoms with E-state index in [0.29, 0.717) is 24.5 Å². The molecule has 0 spiro atoms. The zero-order valence-electron chi connectivity index (χ0n) is 16.1. The summed E-state index contributed by atoms with van der Waals surface area (Å²) in [5, 5.41) is 1.38. The lowest BCUT2D eigenvalue weighted by Gasteiger charge is -2.31. The number of carbonyl (C=O) groups excluding carboxylic acids is 1. The Kier molecular flexibility index (Phi) is 5.56. The zero-order chi connectivity index (χ0) is 19.7. The molecule has 2 aromatic carbocycles. The lowest BCUT2D eigenvalue weighted by Crippen LogP contribution is -2.42. The van der Waals surface area contributed by atoms with Crippen molar-refractivity contribution in [3.8, 4) is 5.19 Å². The smallest absolute Gasteiger partial charge is 0.274 e. The Hall–Kier alpha value is -2.11. The van der Waals surface area contributed by atoms with Crippen LogP contribution in [0, 0.1) is 13.8 Å². The van der Waals surface area contributed by atoms with Crippen molar-refractivity contribution in [3.05, 3.63) is 58.1 Å². The second-order valence-electron chi connectivity index (χ2n) is 7.32. The number of ether oxygens (including phenoxy) is 1. The third kappa shape index (κ3) is 4.01. The van der Waals surface area contributed by atoms with Gasteiger partial charge in [0.25, 0.3) is 5.19 Å². The van der Waals surface area contributed by atoms with E-state index in [1.54, 1.807) is 11.3 Å². The van der Waals surface area contributed by atoms with E-state index in [1.807, 2.05) is 29.2 Å². The van der Waals surface area contributed by atoms with Crippen molar-refractivity contribution in [2.75, 3.05) is 13.1 Å². The molecule has 3 aromatic rings. The van der Waals surface area contributed by atoms with Crippen LogP contribution in [0.4, 0.5) is 0 Å². The summed E-state index contributed by atoms with van der Waals surface area (Å²) in [6, 6.07) is 11.8. The van der Waals surface area contributed by atoms with Crippen LogP contribution < -0.4 is 4.74 Å². The molecule has 0 bridgehead atoms. The molecular weight excluding hydrogens is 392 g/mol. The van der Waals surface area contributed by atoms with E-state index in [9.17, 15) is 4.79 Å². The molecule has 4 nitrogen and oxygen atoms in total. The van der Waals surface area contributed by atoms with Crippen LogP contribution in [0.5, 0.6) is 5.19 Å². The number of rotatable bonds is 4. The number of aryl methyl sites for hydroxylation is 2. The van der Waals surface area contributed by atoms with Crippen molar-refractivity contribution in [1.29, 1.82) is 0 Å². The first-order valence-electron chi connectivity index (χ1n) is 9.56. The number of hydrogen-bond acceptors (Lipinski definition) is 4. The highest BCUT2D eigenvalue weighted by Gasteiger charge is 2.25. The summed E-state index contributed by atoms with van der Waals surface area (Å²) in [4.78, 5) is 19.2. The summed E-state index contributed by atoms with van der Waals surface area (Å²) in [6.45, 7) is 5.59. The van der Waals surface area contributed by atoms with E-state index < -0.39 is 0 Å². The van der Waals surface area contributed by atoms with Gasteiger partial charge in [-0.3, -0.25) is 4.79 Å². The largest absolute Gasteiger partial charge is 0.467 e. The topological polar surface area (TPSA) is 42.4 Å². The van der Waals surface area contributed by atoms with Crippen LogP contribution in [0.2, 0.25) is 5.02 Å². The Labute approximate surface area is 174 Å². The summed E-state index contributed by atoms with van der Waals surface area (Å²) in [6.07, 6.45) is 2.09. The van der Waals surface area contributed by atoms with Gasteiger partial charge >= 0.3 is 0 Å². The van der Waals surface area contributed by atoms with Crippen LogP contribution in [0.1, 0.15) is 29.5 Å². The van der Waals surface area contributed by atoms with E-state index in [-0.39, 0.29) is 12.0 Å². The Balaban J connectivity index is 1.35. The highest BCUT2D eigenvalue weighted by atomic mass is 35.5. The van der Waals surface area contributed by atoms with E-state index >= 15 is 0 Å². The monoisotopic (exact) mass is 414 g/mol. The Morgan fingerprint density at radius 2 is 1.89 bits per heavy atom. The van der Waals surface area contributed by atoms with Gasteiger partial charge in [0.1, 0.15) is 6.10 Å².